The van der Waals surface area contributed by atoms with E-state index in [9.17, 15) is 9.59 Å². The first kappa shape index (κ1) is 25.6. The van der Waals surface area contributed by atoms with Gasteiger partial charge in [-0.05, 0) is 54.4 Å². The minimum atomic E-state index is -0.0968. The molecule has 0 saturated carbocycles. The molecule has 8 nitrogen and oxygen atoms in total. The highest BCUT2D eigenvalue weighted by Crippen LogP contribution is 2.37. The van der Waals surface area contributed by atoms with E-state index in [1.54, 1.807) is 25.5 Å². The molecule has 0 aliphatic carbocycles. The zero-order valence-electron chi connectivity index (χ0n) is 22.5. The fraction of sp³-hybridized carbons (Fsp3) is 0.0606. The van der Waals surface area contributed by atoms with Crippen molar-refractivity contribution in [1.82, 2.24) is 25.1 Å². The largest absolute Gasteiger partial charge is 0.352 e. The van der Waals surface area contributed by atoms with Crippen LogP contribution in [0.3, 0.4) is 0 Å². The predicted octanol–water partition coefficient (Wildman–Crippen LogP) is 7.28. The number of ketones is 1. The van der Waals surface area contributed by atoms with E-state index in [1.165, 1.54) is 11.3 Å². The molecule has 5 aromatic heterocycles. The summed E-state index contributed by atoms with van der Waals surface area (Å²) >= 11 is 1.47. The maximum absolute atomic E-state index is 12.6. The summed E-state index contributed by atoms with van der Waals surface area (Å²) in [4.78, 5) is 38.5. The number of thiophene rings is 1. The highest BCUT2D eigenvalue weighted by molar-refractivity contribution is 7.17. The number of pyridine rings is 2. The van der Waals surface area contributed by atoms with Crippen LogP contribution >= 0.6 is 11.3 Å². The van der Waals surface area contributed by atoms with Gasteiger partial charge >= 0.3 is 0 Å². The van der Waals surface area contributed by atoms with Crippen LogP contribution in [0.15, 0.2) is 97.6 Å². The van der Waals surface area contributed by atoms with Crippen molar-refractivity contribution < 1.29 is 9.59 Å². The number of anilines is 1. The van der Waals surface area contributed by atoms with Crippen molar-refractivity contribution >= 4 is 50.5 Å². The molecule has 0 bridgehead atoms. The van der Waals surface area contributed by atoms with Crippen LogP contribution in [0.25, 0.3) is 54.8 Å². The maximum Gasteiger partial charge on any atom is 0.228 e. The van der Waals surface area contributed by atoms with Gasteiger partial charge in [0.15, 0.2) is 5.78 Å². The molecule has 1 amide bonds. The van der Waals surface area contributed by atoms with Gasteiger partial charge < -0.3 is 10.3 Å². The SMILES string of the molecule is CC(=O)c1ccc(-c2cncc3[nH]c(-c4n[nH]c5ccc(-c6cncc(NC(=O)Cc7ccccc7)c6)cc45)cc23)s1. The monoisotopic (exact) mass is 568 g/mol. The zero-order chi connectivity index (χ0) is 28.6. The lowest BCUT2D eigenvalue weighted by Gasteiger charge is -2.08. The van der Waals surface area contributed by atoms with Crippen molar-refractivity contribution in [3.8, 4) is 33.0 Å². The fourth-order valence-corrected chi connectivity index (χ4v) is 6.02. The predicted molar refractivity (Wildman–Crippen MR) is 167 cm³/mol. The fourth-order valence-electron chi connectivity index (χ4n) is 5.10. The van der Waals surface area contributed by atoms with E-state index in [0.717, 1.165) is 65.2 Å². The van der Waals surface area contributed by atoms with Crippen molar-refractivity contribution in [1.29, 1.82) is 0 Å². The number of carbonyl (C=O) groups excluding carboxylic acids is 2. The van der Waals surface area contributed by atoms with E-state index < -0.39 is 0 Å². The number of fused-ring (bicyclic) bond motifs is 2. The molecule has 0 aliphatic heterocycles. The number of carbonyl (C=O) groups is 2. The number of H-pyrrole nitrogens is 2. The van der Waals surface area contributed by atoms with E-state index >= 15 is 0 Å². The van der Waals surface area contributed by atoms with Gasteiger partial charge in [-0.1, -0.05) is 36.4 Å². The van der Waals surface area contributed by atoms with Crippen molar-refractivity contribution in [2.24, 2.45) is 0 Å². The highest BCUT2D eigenvalue weighted by Gasteiger charge is 2.16. The van der Waals surface area contributed by atoms with Crippen LogP contribution in [0.5, 0.6) is 0 Å². The molecule has 7 aromatic rings. The summed E-state index contributed by atoms with van der Waals surface area (Å²) in [5.41, 5.74) is 7.80. The van der Waals surface area contributed by atoms with Crippen LogP contribution < -0.4 is 5.32 Å². The lowest BCUT2D eigenvalue weighted by molar-refractivity contribution is -0.115. The van der Waals surface area contributed by atoms with Crippen LogP contribution in [0, 0.1) is 0 Å². The molecule has 0 radical (unpaired) electrons. The number of rotatable bonds is 7. The lowest BCUT2D eigenvalue weighted by Crippen LogP contribution is -2.14. The molecule has 0 unspecified atom stereocenters. The van der Waals surface area contributed by atoms with Gasteiger partial charge in [0.05, 0.1) is 46.1 Å². The molecule has 0 saturated heterocycles. The minimum absolute atomic E-state index is 0.0511. The molecule has 9 heteroatoms. The van der Waals surface area contributed by atoms with Crippen LogP contribution in [0.1, 0.15) is 22.2 Å². The Morgan fingerprint density at radius 1 is 0.833 bits per heavy atom. The number of amides is 1. The van der Waals surface area contributed by atoms with Gasteiger partial charge in [0.1, 0.15) is 5.69 Å². The Morgan fingerprint density at radius 3 is 2.52 bits per heavy atom. The number of nitrogens with one attached hydrogen (secondary N) is 3. The average Bonchev–Trinajstić information content (AvgIpc) is 3.75. The first-order chi connectivity index (χ1) is 20.5. The molecule has 42 heavy (non-hydrogen) atoms. The van der Waals surface area contributed by atoms with Crippen LogP contribution in [-0.2, 0) is 11.2 Å². The summed E-state index contributed by atoms with van der Waals surface area (Å²) in [6.45, 7) is 1.58. The maximum atomic E-state index is 12.6. The first-order valence-electron chi connectivity index (χ1n) is 13.4. The number of aromatic nitrogens is 5. The quantitative estimate of drug-likeness (QED) is 0.175. The smallest absolute Gasteiger partial charge is 0.228 e. The first-order valence-corrected chi connectivity index (χ1v) is 14.2. The Bertz CT molecular complexity index is 2110. The zero-order valence-corrected chi connectivity index (χ0v) is 23.3. The van der Waals surface area contributed by atoms with E-state index in [1.807, 2.05) is 66.9 Å². The minimum Gasteiger partial charge on any atom is -0.352 e. The third kappa shape index (κ3) is 4.86. The van der Waals surface area contributed by atoms with Gasteiger partial charge in [0, 0.05) is 39.2 Å². The van der Waals surface area contributed by atoms with Gasteiger partial charge in [0.2, 0.25) is 5.91 Å². The molecular formula is C33H24N6O2S. The molecule has 0 aliphatic rings. The van der Waals surface area contributed by atoms with Gasteiger partial charge in [-0.25, -0.2) is 0 Å². The number of aromatic amines is 2. The normalized spacial score (nSPS) is 11.3. The summed E-state index contributed by atoms with van der Waals surface area (Å²) < 4.78 is 0. The third-order valence-electron chi connectivity index (χ3n) is 7.14. The van der Waals surface area contributed by atoms with E-state index in [-0.39, 0.29) is 11.7 Å². The molecule has 2 aromatic carbocycles. The number of hydrogen-bond donors (Lipinski definition) is 3. The summed E-state index contributed by atoms with van der Waals surface area (Å²) in [5.74, 6) is -0.0456. The molecular weight excluding hydrogens is 544 g/mol. The van der Waals surface area contributed by atoms with E-state index in [2.05, 4.69) is 42.6 Å². The third-order valence-corrected chi connectivity index (χ3v) is 8.36. The second kappa shape index (κ2) is 10.5. The summed E-state index contributed by atoms with van der Waals surface area (Å²) in [5, 5.41) is 12.7. The van der Waals surface area contributed by atoms with Crippen LogP contribution in [0.4, 0.5) is 5.69 Å². The Morgan fingerprint density at radius 2 is 1.69 bits per heavy atom. The Balaban J connectivity index is 1.21. The lowest BCUT2D eigenvalue weighted by atomic mass is 10.0. The van der Waals surface area contributed by atoms with Gasteiger partial charge in [-0.15, -0.1) is 11.3 Å². The summed E-state index contributed by atoms with van der Waals surface area (Å²) in [6, 6.07) is 23.5. The van der Waals surface area contributed by atoms with Gasteiger partial charge in [0.25, 0.3) is 0 Å². The van der Waals surface area contributed by atoms with Gasteiger partial charge in [-0.2, -0.15) is 5.10 Å². The average molecular weight is 569 g/mol. The van der Waals surface area contributed by atoms with E-state index in [0.29, 0.717) is 12.1 Å². The van der Waals surface area contributed by atoms with Gasteiger partial charge in [-0.3, -0.25) is 24.7 Å². The van der Waals surface area contributed by atoms with Crippen molar-refractivity contribution in [3.63, 3.8) is 0 Å². The van der Waals surface area contributed by atoms with Crippen molar-refractivity contribution in [2.45, 2.75) is 13.3 Å². The van der Waals surface area contributed by atoms with Crippen LogP contribution in [0.2, 0.25) is 0 Å². The number of hydrogen-bond acceptors (Lipinski definition) is 6. The Labute approximate surface area is 244 Å². The Kier molecular flexibility index (Phi) is 6.41. The Hall–Kier alpha value is -5.41. The number of Topliss-reactive ketones (excluding diaryl/α,β-unsaturated/α-hetero) is 1. The molecule has 0 atom stereocenters. The molecule has 204 valence electrons. The second-order valence-corrected chi connectivity index (χ2v) is 11.1. The number of nitrogens with zero attached hydrogens (tertiary/aromatic N) is 3. The molecule has 3 N–H and O–H groups in total. The topological polar surface area (TPSA) is 116 Å². The van der Waals surface area contributed by atoms with Crippen molar-refractivity contribution in [3.05, 3.63) is 108 Å². The summed E-state index contributed by atoms with van der Waals surface area (Å²) in [6.07, 6.45) is 7.35. The van der Waals surface area contributed by atoms with Crippen LogP contribution in [-0.4, -0.2) is 36.8 Å². The molecule has 7 rings (SSSR count). The standard InChI is InChI=1S/C33H24N6O2S/c1-19(40)30-9-10-31(42-30)26-17-35-18-29-24(26)14-28(37-29)33-25-13-21(7-8-27(25)38-39-33)22-12-23(16-34-15-22)36-32(41)11-20-5-3-2-4-6-20/h2-10,12-18,37H,11H2,1H3,(H,36,41)(H,38,39). The number of benzene rings is 2. The molecule has 0 fully saturated rings. The second-order valence-electron chi connectivity index (χ2n) is 10.1. The van der Waals surface area contributed by atoms with Crippen molar-refractivity contribution in [2.75, 3.05) is 5.32 Å². The van der Waals surface area contributed by atoms with E-state index in [4.69, 9.17) is 0 Å². The summed E-state index contributed by atoms with van der Waals surface area (Å²) in [7, 11) is 0. The highest BCUT2D eigenvalue weighted by atomic mass is 32.1. The molecule has 0 spiro atoms. The molecule has 5 heterocycles.